The number of thiocarbonyl (C=S) groups is 1. The van der Waals surface area contributed by atoms with Gasteiger partial charge in [-0.15, -0.1) is 0 Å². The predicted octanol–water partition coefficient (Wildman–Crippen LogP) is 5.33. The molecule has 0 atom stereocenters. The van der Waals surface area contributed by atoms with Crippen molar-refractivity contribution in [2.45, 2.75) is 13.8 Å². The number of hydrogen-bond acceptors (Lipinski definition) is 5. The summed E-state index contributed by atoms with van der Waals surface area (Å²) < 4.78 is 2.30. The second kappa shape index (κ2) is 6.08. The standard InChI is InChI=1S/C17H14N4S3/c1-9-3-5-11-13(7-9)23-16(18-11)20-15(22)21-17-19-12-6-4-10(2)8-14(12)24-17/h3-8H,1-2H3,(H2,18,19,20,21,22). The van der Waals surface area contributed by atoms with E-state index in [1.165, 1.54) is 11.1 Å². The molecule has 0 saturated carbocycles. The van der Waals surface area contributed by atoms with E-state index in [1.54, 1.807) is 22.7 Å². The summed E-state index contributed by atoms with van der Waals surface area (Å²) in [6.07, 6.45) is 0. The number of anilines is 2. The van der Waals surface area contributed by atoms with Crippen LogP contribution in [0.5, 0.6) is 0 Å². The lowest BCUT2D eigenvalue weighted by Gasteiger charge is -2.04. The lowest BCUT2D eigenvalue weighted by molar-refractivity contribution is 1.43. The van der Waals surface area contributed by atoms with E-state index in [2.05, 4.69) is 58.7 Å². The maximum atomic E-state index is 5.39. The second-order valence-corrected chi connectivity index (χ2v) is 8.03. The molecule has 4 rings (SSSR count). The van der Waals surface area contributed by atoms with Crippen molar-refractivity contribution >= 4 is 70.7 Å². The molecular weight excluding hydrogens is 356 g/mol. The molecule has 4 nitrogen and oxygen atoms in total. The third-order valence-corrected chi connectivity index (χ3v) is 5.60. The fraction of sp³-hybridized carbons (Fsp3) is 0.118. The van der Waals surface area contributed by atoms with Crippen LogP contribution in [0.4, 0.5) is 10.3 Å². The van der Waals surface area contributed by atoms with Crippen LogP contribution >= 0.6 is 34.9 Å². The highest BCUT2D eigenvalue weighted by molar-refractivity contribution is 7.80. The van der Waals surface area contributed by atoms with Gasteiger partial charge in [0.05, 0.1) is 20.4 Å². The fourth-order valence-corrected chi connectivity index (χ4v) is 4.66. The van der Waals surface area contributed by atoms with Crippen LogP contribution in [-0.4, -0.2) is 15.1 Å². The van der Waals surface area contributed by atoms with E-state index in [0.717, 1.165) is 30.7 Å². The Morgan fingerprint density at radius 3 is 1.75 bits per heavy atom. The Labute approximate surface area is 152 Å². The third-order valence-electron chi connectivity index (χ3n) is 3.53. The fourth-order valence-electron chi connectivity index (χ4n) is 2.40. The molecule has 2 heterocycles. The number of nitrogens with one attached hydrogen (secondary N) is 2. The molecular formula is C17H14N4S3. The molecule has 0 bridgehead atoms. The number of aryl methyl sites for hydroxylation is 2. The zero-order valence-corrected chi connectivity index (χ0v) is 15.5. The molecule has 2 aromatic carbocycles. The van der Waals surface area contributed by atoms with Crippen LogP contribution in [0.2, 0.25) is 0 Å². The minimum atomic E-state index is 0.501. The van der Waals surface area contributed by atoms with Crippen LogP contribution in [0, 0.1) is 13.8 Å². The molecule has 24 heavy (non-hydrogen) atoms. The van der Waals surface area contributed by atoms with Gasteiger partial charge in [0.15, 0.2) is 15.4 Å². The van der Waals surface area contributed by atoms with Crippen molar-refractivity contribution in [3.63, 3.8) is 0 Å². The summed E-state index contributed by atoms with van der Waals surface area (Å²) in [7, 11) is 0. The minimum absolute atomic E-state index is 0.501. The first-order valence-electron chi connectivity index (χ1n) is 7.39. The highest BCUT2D eigenvalue weighted by Crippen LogP contribution is 2.28. The molecule has 2 aromatic heterocycles. The quantitative estimate of drug-likeness (QED) is 0.467. The number of rotatable bonds is 2. The molecule has 4 aromatic rings. The van der Waals surface area contributed by atoms with Gasteiger partial charge < -0.3 is 10.6 Å². The van der Waals surface area contributed by atoms with Crippen LogP contribution in [0.25, 0.3) is 20.4 Å². The first-order chi connectivity index (χ1) is 11.6. The maximum absolute atomic E-state index is 5.39. The summed E-state index contributed by atoms with van der Waals surface area (Å²) >= 11 is 8.57. The Morgan fingerprint density at radius 2 is 1.29 bits per heavy atom. The van der Waals surface area contributed by atoms with Gasteiger partial charge in [0.1, 0.15) is 0 Å². The van der Waals surface area contributed by atoms with Gasteiger partial charge in [-0.2, -0.15) is 0 Å². The van der Waals surface area contributed by atoms with Gasteiger partial charge in [-0.1, -0.05) is 34.8 Å². The second-order valence-electron chi connectivity index (χ2n) is 5.56. The van der Waals surface area contributed by atoms with E-state index >= 15 is 0 Å². The molecule has 0 spiro atoms. The van der Waals surface area contributed by atoms with E-state index in [1.807, 2.05) is 12.1 Å². The van der Waals surface area contributed by atoms with Gasteiger partial charge in [-0.25, -0.2) is 9.97 Å². The SMILES string of the molecule is Cc1ccc2nc(NC(=S)Nc3nc4ccc(C)cc4s3)sc2c1. The Morgan fingerprint density at radius 1 is 0.833 bits per heavy atom. The smallest absolute Gasteiger partial charge is 0.190 e. The van der Waals surface area contributed by atoms with Crippen molar-refractivity contribution in [2.24, 2.45) is 0 Å². The largest absolute Gasteiger partial charge is 0.308 e. The summed E-state index contributed by atoms with van der Waals surface area (Å²) in [5.41, 5.74) is 4.41. The van der Waals surface area contributed by atoms with Crippen molar-refractivity contribution in [2.75, 3.05) is 10.6 Å². The van der Waals surface area contributed by atoms with Gasteiger partial charge >= 0.3 is 0 Å². The first-order valence-corrected chi connectivity index (χ1v) is 9.43. The van der Waals surface area contributed by atoms with Crippen molar-refractivity contribution in [3.8, 4) is 0 Å². The topological polar surface area (TPSA) is 49.8 Å². The number of nitrogens with zero attached hydrogens (tertiary/aromatic N) is 2. The molecule has 0 radical (unpaired) electrons. The molecule has 7 heteroatoms. The predicted molar refractivity (Wildman–Crippen MR) is 109 cm³/mol. The average Bonchev–Trinajstić information content (AvgIpc) is 3.08. The molecule has 0 aliphatic carbocycles. The van der Waals surface area contributed by atoms with Crippen LogP contribution in [0.1, 0.15) is 11.1 Å². The van der Waals surface area contributed by atoms with E-state index in [0.29, 0.717) is 5.11 Å². The van der Waals surface area contributed by atoms with Crippen molar-refractivity contribution in [1.29, 1.82) is 0 Å². The lowest BCUT2D eigenvalue weighted by atomic mass is 10.2. The molecule has 0 fully saturated rings. The highest BCUT2D eigenvalue weighted by atomic mass is 32.1. The Balaban J connectivity index is 1.52. The zero-order chi connectivity index (χ0) is 16.7. The Hall–Kier alpha value is -2.09. The van der Waals surface area contributed by atoms with Crippen molar-refractivity contribution in [3.05, 3.63) is 47.5 Å². The van der Waals surface area contributed by atoms with Gasteiger partial charge in [0, 0.05) is 0 Å². The number of thiazole rings is 2. The van der Waals surface area contributed by atoms with Crippen LogP contribution < -0.4 is 10.6 Å². The van der Waals surface area contributed by atoms with E-state index in [9.17, 15) is 0 Å². The summed E-state index contributed by atoms with van der Waals surface area (Å²) in [6.45, 7) is 4.15. The van der Waals surface area contributed by atoms with E-state index in [-0.39, 0.29) is 0 Å². The summed E-state index contributed by atoms with van der Waals surface area (Å²) in [4.78, 5) is 9.11. The van der Waals surface area contributed by atoms with Gasteiger partial charge in [0.2, 0.25) is 0 Å². The Bertz CT molecular complexity index is 980. The number of aromatic nitrogens is 2. The highest BCUT2D eigenvalue weighted by Gasteiger charge is 2.08. The molecule has 0 unspecified atom stereocenters. The summed E-state index contributed by atoms with van der Waals surface area (Å²) in [5, 5.41) is 8.37. The summed E-state index contributed by atoms with van der Waals surface area (Å²) in [6, 6.07) is 12.4. The molecule has 120 valence electrons. The first kappa shape index (κ1) is 15.4. The molecule has 0 aliphatic heterocycles. The van der Waals surface area contributed by atoms with Crippen molar-refractivity contribution < 1.29 is 0 Å². The number of benzene rings is 2. The molecule has 0 saturated heterocycles. The third kappa shape index (κ3) is 3.10. The van der Waals surface area contributed by atoms with Gasteiger partial charge in [-0.05, 0) is 61.5 Å². The molecule has 0 aliphatic rings. The van der Waals surface area contributed by atoms with Crippen LogP contribution in [-0.2, 0) is 0 Å². The van der Waals surface area contributed by atoms with Crippen molar-refractivity contribution in [1.82, 2.24) is 9.97 Å². The van der Waals surface area contributed by atoms with E-state index < -0.39 is 0 Å². The number of hydrogen-bond donors (Lipinski definition) is 2. The maximum Gasteiger partial charge on any atom is 0.190 e. The minimum Gasteiger partial charge on any atom is -0.308 e. The van der Waals surface area contributed by atoms with Gasteiger partial charge in [0.25, 0.3) is 0 Å². The van der Waals surface area contributed by atoms with Crippen LogP contribution in [0.3, 0.4) is 0 Å². The lowest BCUT2D eigenvalue weighted by Crippen LogP contribution is -2.18. The average molecular weight is 371 g/mol. The monoisotopic (exact) mass is 370 g/mol. The number of fused-ring (bicyclic) bond motifs is 2. The summed E-state index contributed by atoms with van der Waals surface area (Å²) in [5.74, 6) is 0. The molecule has 0 amide bonds. The molecule has 2 N–H and O–H groups in total. The van der Waals surface area contributed by atoms with E-state index in [4.69, 9.17) is 12.2 Å². The Kier molecular flexibility index (Phi) is 3.91. The van der Waals surface area contributed by atoms with Crippen LogP contribution in [0.15, 0.2) is 36.4 Å². The van der Waals surface area contributed by atoms with Gasteiger partial charge in [-0.3, -0.25) is 0 Å². The zero-order valence-electron chi connectivity index (χ0n) is 13.1. The normalized spacial score (nSPS) is 11.1.